The third-order valence-electron chi connectivity index (χ3n) is 3.48. The van der Waals surface area contributed by atoms with Gasteiger partial charge < -0.3 is 9.64 Å². The SMILES string of the molecule is COC(=O)[C@H](c1cc(F)ccc1F)N(C)C(=O)CCn1cncn1. The minimum atomic E-state index is -1.38. The minimum Gasteiger partial charge on any atom is -0.467 e. The summed E-state index contributed by atoms with van der Waals surface area (Å²) in [6.07, 6.45) is 2.77. The van der Waals surface area contributed by atoms with E-state index in [-0.39, 0.29) is 18.5 Å². The second-order valence-electron chi connectivity index (χ2n) is 5.00. The Hall–Kier alpha value is -2.84. The molecular weight excluding hydrogens is 322 g/mol. The molecule has 0 unspecified atom stereocenters. The third kappa shape index (κ3) is 3.92. The first-order chi connectivity index (χ1) is 11.4. The van der Waals surface area contributed by atoms with E-state index in [9.17, 15) is 18.4 Å². The Morgan fingerprint density at radius 3 is 2.75 bits per heavy atom. The topological polar surface area (TPSA) is 77.3 Å². The number of amides is 1. The largest absolute Gasteiger partial charge is 0.467 e. The number of aryl methyl sites for hydroxylation is 1. The predicted molar refractivity (Wildman–Crippen MR) is 78.5 cm³/mol. The molecule has 1 heterocycles. The van der Waals surface area contributed by atoms with E-state index in [2.05, 4.69) is 14.8 Å². The molecule has 128 valence electrons. The Morgan fingerprint density at radius 2 is 2.12 bits per heavy atom. The maximum atomic E-state index is 14.0. The molecule has 0 bridgehead atoms. The van der Waals surface area contributed by atoms with Crippen molar-refractivity contribution in [3.63, 3.8) is 0 Å². The van der Waals surface area contributed by atoms with Crippen molar-refractivity contribution in [2.24, 2.45) is 0 Å². The van der Waals surface area contributed by atoms with Crippen molar-refractivity contribution < 1.29 is 23.1 Å². The van der Waals surface area contributed by atoms with Crippen LogP contribution in [-0.2, 0) is 20.9 Å². The number of halogens is 2. The van der Waals surface area contributed by atoms with Crippen LogP contribution in [0.15, 0.2) is 30.9 Å². The lowest BCUT2D eigenvalue weighted by molar-refractivity contribution is -0.152. The monoisotopic (exact) mass is 338 g/mol. The molecule has 0 aliphatic heterocycles. The Balaban J connectivity index is 2.21. The number of aromatic nitrogens is 3. The first-order valence-corrected chi connectivity index (χ1v) is 7.05. The molecular formula is C15H16F2N4O3. The molecule has 0 aliphatic rings. The van der Waals surface area contributed by atoms with Gasteiger partial charge in [0.15, 0.2) is 6.04 Å². The molecule has 0 saturated heterocycles. The predicted octanol–water partition coefficient (Wildman–Crippen LogP) is 1.32. The summed E-state index contributed by atoms with van der Waals surface area (Å²) in [4.78, 5) is 29.1. The fourth-order valence-corrected chi connectivity index (χ4v) is 2.21. The van der Waals surface area contributed by atoms with E-state index in [1.807, 2.05) is 0 Å². The van der Waals surface area contributed by atoms with Crippen molar-refractivity contribution in [2.45, 2.75) is 19.0 Å². The van der Waals surface area contributed by atoms with Gasteiger partial charge in [-0.2, -0.15) is 5.10 Å². The van der Waals surface area contributed by atoms with E-state index in [0.717, 1.165) is 30.2 Å². The van der Waals surface area contributed by atoms with Crippen LogP contribution in [0.1, 0.15) is 18.0 Å². The van der Waals surface area contributed by atoms with E-state index < -0.39 is 29.6 Å². The Labute approximate surface area is 136 Å². The van der Waals surface area contributed by atoms with E-state index in [1.54, 1.807) is 0 Å². The molecule has 0 saturated carbocycles. The summed E-state index contributed by atoms with van der Waals surface area (Å²) >= 11 is 0. The average molecular weight is 338 g/mol. The van der Waals surface area contributed by atoms with Crippen LogP contribution in [0.25, 0.3) is 0 Å². The van der Waals surface area contributed by atoms with Crippen molar-refractivity contribution >= 4 is 11.9 Å². The summed E-state index contributed by atoms with van der Waals surface area (Å²) in [5.74, 6) is -2.84. The summed E-state index contributed by atoms with van der Waals surface area (Å²) in [6.45, 7) is 0.239. The molecule has 0 fully saturated rings. The molecule has 9 heteroatoms. The molecule has 2 aromatic rings. The van der Waals surface area contributed by atoms with Crippen LogP contribution >= 0.6 is 0 Å². The highest BCUT2D eigenvalue weighted by Gasteiger charge is 2.32. The zero-order valence-electron chi connectivity index (χ0n) is 13.1. The number of ether oxygens (including phenoxy) is 1. The van der Waals surface area contributed by atoms with Gasteiger partial charge in [-0.3, -0.25) is 9.48 Å². The van der Waals surface area contributed by atoms with Crippen LogP contribution in [0.5, 0.6) is 0 Å². The van der Waals surface area contributed by atoms with Gasteiger partial charge >= 0.3 is 5.97 Å². The normalized spacial score (nSPS) is 11.8. The lowest BCUT2D eigenvalue weighted by Gasteiger charge is -2.26. The average Bonchev–Trinajstić information content (AvgIpc) is 3.09. The molecule has 1 amide bonds. The van der Waals surface area contributed by atoms with Gasteiger partial charge in [0, 0.05) is 19.0 Å². The zero-order chi connectivity index (χ0) is 17.7. The number of rotatable bonds is 6. The van der Waals surface area contributed by atoms with Crippen molar-refractivity contribution in [3.8, 4) is 0 Å². The van der Waals surface area contributed by atoms with Crippen LogP contribution in [0.4, 0.5) is 8.78 Å². The van der Waals surface area contributed by atoms with Gasteiger partial charge in [-0.05, 0) is 18.2 Å². The van der Waals surface area contributed by atoms with Crippen molar-refractivity contribution in [3.05, 3.63) is 48.1 Å². The second-order valence-corrected chi connectivity index (χ2v) is 5.00. The quantitative estimate of drug-likeness (QED) is 0.743. The summed E-state index contributed by atoms with van der Waals surface area (Å²) in [6, 6.07) is 1.32. The Morgan fingerprint density at radius 1 is 1.38 bits per heavy atom. The number of hydrogen-bond donors (Lipinski definition) is 0. The van der Waals surface area contributed by atoms with E-state index in [0.29, 0.717) is 0 Å². The van der Waals surface area contributed by atoms with Gasteiger partial charge in [0.05, 0.1) is 13.7 Å². The van der Waals surface area contributed by atoms with Crippen LogP contribution in [-0.4, -0.2) is 45.7 Å². The first-order valence-electron chi connectivity index (χ1n) is 7.05. The summed E-state index contributed by atoms with van der Waals surface area (Å²) < 4.78 is 33.5. The van der Waals surface area contributed by atoms with E-state index >= 15 is 0 Å². The molecule has 1 aromatic heterocycles. The lowest BCUT2D eigenvalue weighted by atomic mass is 10.0. The standard InChI is InChI=1S/C15H16F2N4O3/c1-20(13(22)5-6-21-9-18-8-19-21)14(15(23)24-2)11-7-10(16)3-4-12(11)17/h3-4,7-9,14H,5-6H2,1-2H3/t14-/m0/s1. The molecule has 0 spiro atoms. The van der Waals surface area contributed by atoms with Crippen molar-refractivity contribution in [2.75, 3.05) is 14.2 Å². The smallest absolute Gasteiger partial charge is 0.333 e. The van der Waals surface area contributed by atoms with Crippen LogP contribution in [0.3, 0.4) is 0 Å². The number of hydrogen-bond acceptors (Lipinski definition) is 5. The highest BCUT2D eigenvalue weighted by molar-refractivity contribution is 5.85. The van der Waals surface area contributed by atoms with E-state index in [1.165, 1.54) is 24.4 Å². The molecule has 1 atom stereocenters. The number of carbonyl (C=O) groups is 2. The zero-order valence-corrected chi connectivity index (χ0v) is 13.1. The first kappa shape index (κ1) is 17.5. The van der Waals surface area contributed by atoms with Crippen LogP contribution in [0, 0.1) is 11.6 Å². The number of esters is 1. The Kier molecular flexibility index (Phi) is 5.56. The highest BCUT2D eigenvalue weighted by atomic mass is 19.1. The highest BCUT2D eigenvalue weighted by Crippen LogP contribution is 2.25. The molecule has 1 aromatic carbocycles. The summed E-state index contributed by atoms with van der Waals surface area (Å²) in [5, 5.41) is 3.86. The maximum absolute atomic E-state index is 14.0. The number of likely N-dealkylation sites (N-methyl/N-ethyl adjacent to an activating group) is 1. The van der Waals surface area contributed by atoms with Gasteiger partial charge in [0.25, 0.3) is 0 Å². The molecule has 2 rings (SSSR count). The number of benzene rings is 1. The molecule has 0 radical (unpaired) electrons. The fourth-order valence-electron chi connectivity index (χ4n) is 2.21. The molecule has 7 nitrogen and oxygen atoms in total. The molecule has 0 N–H and O–H groups in total. The summed E-state index contributed by atoms with van der Waals surface area (Å²) in [7, 11) is 2.44. The van der Waals surface area contributed by atoms with Crippen molar-refractivity contribution in [1.29, 1.82) is 0 Å². The lowest BCUT2D eigenvalue weighted by Crippen LogP contribution is -2.37. The second kappa shape index (κ2) is 7.62. The van der Waals surface area contributed by atoms with Gasteiger partial charge in [0.2, 0.25) is 5.91 Å². The number of nitrogens with zero attached hydrogens (tertiary/aromatic N) is 4. The summed E-state index contributed by atoms with van der Waals surface area (Å²) in [5.41, 5.74) is -0.265. The third-order valence-corrected chi connectivity index (χ3v) is 3.48. The fraction of sp³-hybridized carbons (Fsp3) is 0.333. The van der Waals surface area contributed by atoms with Crippen LogP contribution < -0.4 is 0 Å². The Bertz CT molecular complexity index is 722. The van der Waals surface area contributed by atoms with Gasteiger partial charge in [-0.25, -0.2) is 18.6 Å². The number of carbonyl (C=O) groups excluding carboxylic acids is 2. The minimum absolute atomic E-state index is 0.00426. The van der Waals surface area contributed by atoms with Gasteiger partial charge in [0.1, 0.15) is 24.3 Å². The molecule has 0 aliphatic carbocycles. The maximum Gasteiger partial charge on any atom is 0.333 e. The van der Waals surface area contributed by atoms with Gasteiger partial charge in [-0.1, -0.05) is 0 Å². The number of methoxy groups -OCH3 is 1. The van der Waals surface area contributed by atoms with Crippen LogP contribution in [0.2, 0.25) is 0 Å². The van der Waals surface area contributed by atoms with Crippen molar-refractivity contribution in [1.82, 2.24) is 19.7 Å². The van der Waals surface area contributed by atoms with Gasteiger partial charge in [-0.15, -0.1) is 0 Å². The van der Waals surface area contributed by atoms with E-state index in [4.69, 9.17) is 0 Å². The molecule has 24 heavy (non-hydrogen) atoms.